The number of rotatable bonds is 0. The Kier molecular flexibility index (Phi) is 2.46. The third-order valence-electron chi connectivity index (χ3n) is 4.51. The van der Waals surface area contributed by atoms with Crippen molar-refractivity contribution in [1.29, 1.82) is 0 Å². The van der Waals surface area contributed by atoms with Crippen LogP contribution in [0.4, 0.5) is 0 Å². The molecular formula is C15H18O4. The van der Waals surface area contributed by atoms with Crippen LogP contribution in [0.3, 0.4) is 0 Å². The number of ketones is 1. The molecule has 0 bridgehead atoms. The van der Waals surface area contributed by atoms with Crippen LogP contribution in [0.5, 0.6) is 0 Å². The molecule has 0 spiro atoms. The fourth-order valence-electron chi connectivity index (χ4n) is 3.66. The van der Waals surface area contributed by atoms with E-state index in [2.05, 4.69) is 0 Å². The average molecular weight is 262 g/mol. The predicted molar refractivity (Wildman–Crippen MR) is 68.5 cm³/mol. The quantitative estimate of drug-likeness (QED) is 0.642. The topological polar surface area (TPSA) is 77.8 Å². The van der Waals surface area contributed by atoms with Gasteiger partial charge in [0.1, 0.15) is 5.60 Å². The van der Waals surface area contributed by atoms with E-state index in [9.17, 15) is 20.1 Å². The van der Waals surface area contributed by atoms with Crippen LogP contribution in [0.2, 0.25) is 0 Å². The summed E-state index contributed by atoms with van der Waals surface area (Å²) in [4.78, 5) is 12.4. The Labute approximate surface area is 111 Å². The second kappa shape index (κ2) is 3.66. The molecule has 0 aromatic heterocycles. The Hall–Kier alpha value is -1.23. The van der Waals surface area contributed by atoms with Crippen LogP contribution in [0, 0.1) is 0 Å². The number of fused-ring (bicyclic) bond motifs is 3. The highest BCUT2D eigenvalue weighted by Crippen LogP contribution is 2.51. The van der Waals surface area contributed by atoms with Crippen molar-refractivity contribution in [3.63, 3.8) is 0 Å². The van der Waals surface area contributed by atoms with Gasteiger partial charge in [0.25, 0.3) is 0 Å². The number of aliphatic hydroxyl groups is 3. The van der Waals surface area contributed by atoms with Crippen LogP contribution >= 0.6 is 0 Å². The molecule has 3 atom stereocenters. The first kappa shape index (κ1) is 12.8. The normalized spacial score (nSPS) is 41.6. The lowest BCUT2D eigenvalue weighted by molar-refractivity contribution is -0.218. The summed E-state index contributed by atoms with van der Waals surface area (Å²) in [6.45, 7) is 1.53. The molecule has 1 saturated carbocycles. The fourth-order valence-corrected chi connectivity index (χ4v) is 3.66. The van der Waals surface area contributed by atoms with Crippen molar-refractivity contribution in [2.45, 2.75) is 49.4 Å². The third-order valence-corrected chi connectivity index (χ3v) is 4.51. The van der Waals surface area contributed by atoms with Gasteiger partial charge in [0.15, 0.2) is 11.4 Å². The predicted octanol–water partition coefficient (Wildman–Crippen LogP) is 0.665. The SMILES string of the molecule is C[C@@]1(O)CC(=O)[C@]2(O)c3ccccc3CC[C@]2(O)C1. The molecule has 102 valence electrons. The maximum absolute atomic E-state index is 12.4. The van der Waals surface area contributed by atoms with Gasteiger partial charge in [0.05, 0.1) is 5.60 Å². The molecule has 3 N–H and O–H groups in total. The van der Waals surface area contributed by atoms with Gasteiger partial charge in [0.2, 0.25) is 0 Å². The Morgan fingerprint density at radius 1 is 1.16 bits per heavy atom. The van der Waals surface area contributed by atoms with Gasteiger partial charge in [-0.15, -0.1) is 0 Å². The molecule has 3 rings (SSSR count). The highest BCUT2D eigenvalue weighted by molar-refractivity contribution is 5.92. The van der Waals surface area contributed by atoms with Crippen molar-refractivity contribution in [2.75, 3.05) is 0 Å². The van der Waals surface area contributed by atoms with E-state index in [4.69, 9.17) is 0 Å². The molecule has 2 aliphatic carbocycles. The average Bonchev–Trinajstić information content (AvgIpc) is 2.32. The van der Waals surface area contributed by atoms with Crippen molar-refractivity contribution in [3.8, 4) is 0 Å². The standard InChI is InChI=1S/C15H18O4/c1-13(17)8-12(16)15(19)11-5-3-2-4-10(11)6-7-14(15,18)9-13/h2-5,17-19H,6-9H2,1H3/t13-,14+,15-/m1/s1. The zero-order valence-corrected chi connectivity index (χ0v) is 10.9. The van der Waals surface area contributed by atoms with Crippen molar-refractivity contribution in [1.82, 2.24) is 0 Å². The van der Waals surface area contributed by atoms with E-state index >= 15 is 0 Å². The Morgan fingerprint density at radius 2 is 1.84 bits per heavy atom. The molecule has 0 saturated heterocycles. The lowest BCUT2D eigenvalue weighted by Gasteiger charge is -2.53. The molecule has 4 heteroatoms. The number of aryl methyl sites for hydroxylation is 1. The molecule has 0 unspecified atom stereocenters. The Bertz CT molecular complexity index is 551. The van der Waals surface area contributed by atoms with E-state index < -0.39 is 22.6 Å². The van der Waals surface area contributed by atoms with Crippen LogP contribution in [0.1, 0.15) is 37.3 Å². The molecule has 2 aliphatic rings. The number of carbonyl (C=O) groups excluding carboxylic acids is 1. The summed E-state index contributed by atoms with van der Waals surface area (Å²) in [5.74, 6) is -0.501. The molecule has 1 fully saturated rings. The number of Topliss-reactive ketones (excluding diaryl/α,β-unsaturated/α-hetero) is 1. The highest BCUT2D eigenvalue weighted by Gasteiger charge is 2.63. The van der Waals surface area contributed by atoms with Gasteiger partial charge in [-0.2, -0.15) is 0 Å². The van der Waals surface area contributed by atoms with Crippen LogP contribution in [0.15, 0.2) is 24.3 Å². The van der Waals surface area contributed by atoms with Gasteiger partial charge in [-0.05, 0) is 30.9 Å². The van der Waals surface area contributed by atoms with E-state index in [0.29, 0.717) is 12.0 Å². The van der Waals surface area contributed by atoms with E-state index in [1.807, 2.05) is 12.1 Å². The van der Waals surface area contributed by atoms with Gasteiger partial charge in [0, 0.05) is 12.8 Å². The Morgan fingerprint density at radius 3 is 2.58 bits per heavy atom. The smallest absolute Gasteiger partial charge is 0.177 e. The van der Waals surface area contributed by atoms with Crippen molar-refractivity contribution >= 4 is 5.78 Å². The minimum Gasteiger partial charge on any atom is -0.390 e. The summed E-state index contributed by atoms with van der Waals surface area (Å²) in [5.41, 5.74) is -3.34. The number of carbonyl (C=O) groups is 1. The summed E-state index contributed by atoms with van der Waals surface area (Å²) in [6, 6.07) is 7.17. The molecule has 0 heterocycles. The fraction of sp³-hybridized carbons (Fsp3) is 0.533. The number of hydrogen-bond acceptors (Lipinski definition) is 4. The van der Waals surface area contributed by atoms with Gasteiger partial charge < -0.3 is 15.3 Å². The first-order valence-electron chi connectivity index (χ1n) is 6.57. The van der Waals surface area contributed by atoms with E-state index in [1.54, 1.807) is 12.1 Å². The molecule has 0 radical (unpaired) electrons. The summed E-state index contributed by atoms with van der Waals surface area (Å²) >= 11 is 0. The van der Waals surface area contributed by atoms with Crippen molar-refractivity contribution in [2.24, 2.45) is 0 Å². The maximum Gasteiger partial charge on any atom is 0.177 e. The zero-order valence-electron chi connectivity index (χ0n) is 10.9. The van der Waals surface area contributed by atoms with Crippen LogP contribution < -0.4 is 0 Å². The Balaban J connectivity index is 2.19. The van der Waals surface area contributed by atoms with Crippen molar-refractivity contribution in [3.05, 3.63) is 35.4 Å². The van der Waals surface area contributed by atoms with E-state index in [1.165, 1.54) is 6.92 Å². The number of benzene rings is 1. The van der Waals surface area contributed by atoms with E-state index in [-0.39, 0.29) is 19.3 Å². The molecule has 0 amide bonds. The molecule has 1 aromatic rings. The maximum atomic E-state index is 12.4. The van der Waals surface area contributed by atoms with Gasteiger partial charge in [-0.1, -0.05) is 24.3 Å². The monoisotopic (exact) mass is 262 g/mol. The largest absolute Gasteiger partial charge is 0.390 e. The minimum absolute atomic E-state index is 0.0105. The van der Waals surface area contributed by atoms with Gasteiger partial charge >= 0.3 is 0 Å². The lowest BCUT2D eigenvalue weighted by Crippen LogP contribution is -2.66. The summed E-state index contributed by atoms with van der Waals surface area (Å²) in [7, 11) is 0. The molecule has 0 aliphatic heterocycles. The first-order chi connectivity index (χ1) is 8.79. The minimum atomic E-state index is -1.88. The van der Waals surface area contributed by atoms with Gasteiger partial charge in [-0.25, -0.2) is 0 Å². The zero-order chi connectivity index (χ0) is 13.9. The molecule has 19 heavy (non-hydrogen) atoms. The van der Waals surface area contributed by atoms with Crippen LogP contribution in [-0.4, -0.2) is 32.3 Å². The van der Waals surface area contributed by atoms with Crippen LogP contribution in [-0.2, 0) is 16.8 Å². The van der Waals surface area contributed by atoms with E-state index in [0.717, 1.165) is 5.56 Å². The summed E-state index contributed by atoms with van der Waals surface area (Å²) in [6.07, 6.45) is 0.747. The second-order valence-corrected chi connectivity index (χ2v) is 6.17. The first-order valence-corrected chi connectivity index (χ1v) is 6.57. The number of hydrogen-bond donors (Lipinski definition) is 3. The second-order valence-electron chi connectivity index (χ2n) is 6.17. The van der Waals surface area contributed by atoms with Crippen molar-refractivity contribution < 1.29 is 20.1 Å². The van der Waals surface area contributed by atoms with Crippen LogP contribution in [0.25, 0.3) is 0 Å². The van der Waals surface area contributed by atoms with Gasteiger partial charge in [-0.3, -0.25) is 4.79 Å². The summed E-state index contributed by atoms with van der Waals surface area (Å²) in [5, 5.41) is 31.8. The molecule has 1 aromatic carbocycles. The third kappa shape index (κ3) is 1.60. The summed E-state index contributed by atoms with van der Waals surface area (Å²) < 4.78 is 0. The highest BCUT2D eigenvalue weighted by atomic mass is 16.4. The molecular weight excluding hydrogens is 244 g/mol. The lowest BCUT2D eigenvalue weighted by atomic mass is 9.58. The molecule has 4 nitrogen and oxygen atoms in total.